The van der Waals surface area contributed by atoms with Crippen LogP contribution in [-0.4, -0.2) is 17.9 Å². The van der Waals surface area contributed by atoms with E-state index in [0.29, 0.717) is 11.5 Å². The summed E-state index contributed by atoms with van der Waals surface area (Å²) in [6.45, 7) is 9.14. The first-order valence-corrected chi connectivity index (χ1v) is 6.11. The molecule has 1 nitrogen and oxygen atoms in total. The third-order valence-electron chi connectivity index (χ3n) is 4.36. The van der Waals surface area contributed by atoms with E-state index in [0.717, 1.165) is 11.8 Å². The fourth-order valence-corrected chi connectivity index (χ4v) is 3.94. The molecule has 13 heavy (non-hydrogen) atoms. The van der Waals surface area contributed by atoms with Crippen LogP contribution in [0.4, 0.5) is 0 Å². The van der Waals surface area contributed by atoms with Gasteiger partial charge in [-0.25, -0.2) is 0 Å². The highest BCUT2D eigenvalue weighted by atomic mass is 31.0. The molecular formula is C11H21OP. The van der Waals surface area contributed by atoms with Crippen molar-refractivity contribution in [1.82, 2.24) is 0 Å². The van der Waals surface area contributed by atoms with Gasteiger partial charge in [-0.2, -0.15) is 0 Å². The zero-order chi connectivity index (χ0) is 9.85. The lowest BCUT2D eigenvalue weighted by Gasteiger charge is -2.47. The minimum Gasteiger partial charge on any atom is -0.372 e. The predicted molar refractivity (Wildman–Crippen MR) is 58.9 cm³/mol. The lowest BCUT2D eigenvalue weighted by molar-refractivity contribution is -0.213. The maximum absolute atomic E-state index is 5.95. The van der Waals surface area contributed by atoms with Crippen LogP contribution >= 0.6 is 9.24 Å². The normalized spacial score (nSPS) is 52.8. The largest absolute Gasteiger partial charge is 0.372 e. The van der Waals surface area contributed by atoms with Crippen molar-refractivity contribution in [3.05, 3.63) is 0 Å². The summed E-state index contributed by atoms with van der Waals surface area (Å²) in [4.78, 5) is 0. The van der Waals surface area contributed by atoms with E-state index < -0.39 is 0 Å². The first kappa shape index (κ1) is 9.93. The topological polar surface area (TPSA) is 9.23 Å². The van der Waals surface area contributed by atoms with Crippen LogP contribution in [0.1, 0.15) is 34.1 Å². The Hall–Kier alpha value is 0.390. The predicted octanol–water partition coefficient (Wildman–Crippen LogP) is 2.70. The van der Waals surface area contributed by atoms with E-state index in [-0.39, 0.29) is 5.60 Å². The molecule has 0 N–H and O–H groups in total. The summed E-state index contributed by atoms with van der Waals surface area (Å²) in [6, 6.07) is 0. The molecule has 1 heterocycles. The quantitative estimate of drug-likeness (QED) is 0.623. The standard InChI is InChI=1S/C11H21OP/c1-7-8(6-13)11(7,4)9-5-10(2,3)12-9/h7-9H,5-6,13H2,1-4H3. The smallest absolute Gasteiger partial charge is 0.0668 e. The molecule has 2 aliphatic rings. The van der Waals surface area contributed by atoms with Crippen molar-refractivity contribution >= 4 is 9.24 Å². The summed E-state index contributed by atoms with van der Waals surface area (Å²) in [5.41, 5.74) is 0.638. The molecule has 5 unspecified atom stereocenters. The summed E-state index contributed by atoms with van der Waals surface area (Å²) >= 11 is 0. The lowest BCUT2D eigenvalue weighted by atomic mass is 9.82. The highest BCUT2D eigenvalue weighted by Crippen LogP contribution is 2.65. The van der Waals surface area contributed by atoms with Crippen molar-refractivity contribution in [3.8, 4) is 0 Å². The van der Waals surface area contributed by atoms with Gasteiger partial charge in [0.25, 0.3) is 0 Å². The Bertz CT molecular complexity index is 218. The Morgan fingerprint density at radius 1 is 1.38 bits per heavy atom. The Kier molecular flexibility index (Phi) is 2.06. The van der Waals surface area contributed by atoms with Crippen LogP contribution in [-0.2, 0) is 4.74 Å². The number of hydrogen-bond acceptors (Lipinski definition) is 1. The maximum atomic E-state index is 5.95. The highest BCUT2D eigenvalue weighted by Gasteiger charge is 2.65. The Morgan fingerprint density at radius 3 is 2.23 bits per heavy atom. The molecule has 76 valence electrons. The zero-order valence-electron chi connectivity index (χ0n) is 9.13. The monoisotopic (exact) mass is 200 g/mol. The van der Waals surface area contributed by atoms with Gasteiger partial charge in [0.15, 0.2) is 0 Å². The van der Waals surface area contributed by atoms with Crippen LogP contribution in [0.2, 0.25) is 0 Å². The molecule has 1 aliphatic carbocycles. The first-order chi connectivity index (χ1) is 5.92. The minimum absolute atomic E-state index is 0.154. The fraction of sp³-hybridized carbons (Fsp3) is 1.00. The highest BCUT2D eigenvalue weighted by molar-refractivity contribution is 7.16. The second kappa shape index (κ2) is 2.70. The fourth-order valence-electron chi connectivity index (χ4n) is 3.02. The van der Waals surface area contributed by atoms with Gasteiger partial charge in [0, 0.05) is 11.8 Å². The number of hydrogen-bond donors (Lipinski definition) is 0. The summed E-state index contributed by atoms with van der Waals surface area (Å²) in [5, 5.41) is 0. The summed E-state index contributed by atoms with van der Waals surface area (Å²) in [7, 11) is 2.87. The van der Waals surface area contributed by atoms with E-state index in [1.807, 2.05) is 0 Å². The maximum Gasteiger partial charge on any atom is 0.0668 e. The summed E-state index contributed by atoms with van der Waals surface area (Å²) in [6.07, 6.45) is 3.01. The van der Waals surface area contributed by atoms with E-state index in [4.69, 9.17) is 4.74 Å². The van der Waals surface area contributed by atoms with Crippen molar-refractivity contribution in [1.29, 1.82) is 0 Å². The van der Waals surface area contributed by atoms with Crippen LogP contribution in [0.3, 0.4) is 0 Å². The van der Waals surface area contributed by atoms with E-state index in [1.54, 1.807) is 0 Å². The average molecular weight is 200 g/mol. The van der Waals surface area contributed by atoms with E-state index in [1.165, 1.54) is 12.6 Å². The van der Waals surface area contributed by atoms with Gasteiger partial charge < -0.3 is 4.74 Å². The van der Waals surface area contributed by atoms with Gasteiger partial charge >= 0.3 is 0 Å². The first-order valence-electron chi connectivity index (χ1n) is 5.29. The molecule has 1 saturated carbocycles. The molecule has 0 aromatic carbocycles. The van der Waals surface area contributed by atoms with Crippen LogP contribution in [0.5, 0.6) is 0 Å². The van der Waals surface area contributed by atoms with Crippen molar-refractivity contribution < 1.29 is 4.74 Å². The molecule has 0 aromatic heterocycles. The Balaban J connectivity index is 1.97. The van der Waals surface area contributed by atoms with Gasteiger partial charge in [0.1, 0.15) is 0 Å². The van der Waals surface area contributed by atoms with Crippen LogP contribution < -0.4 is 0 Å². The lowest BCUT2D eigenvalue weighted by Crippen LogP contribution is -2.50. The molecule has 1 aliphatic heterocycles. The second-order valence-electron chi connectivity index (χ2n) is 5.57. The molecule has 0 bridgehead atoms. The van der Waals surface area contributed by atoms with E-state index >= 15 is 0 Å². The molecule has 2 rings (SSSR count). The van der Waals surface area contributed by atoms with Crippen molar-refractivity contribution in [3.63, 3.8) is 0 Å². The molecular weight excluding hydrogens is 179 g/mol. The SMILES string of the molecule is CC1C(CP)C1(C)C1CC(C)(C)O1. The van der Waals surface area contributed by atoms with Gasteiger partial charge in [-0.1, -0.05) is 13.8 Å². The molecule has 1 saturated heterocycles. The van der Waals surface area contributed by atoms with Crippen LogP contribution in [0.25, 0.3) is 0 Å². The van der Waals surface area contributed by atoms with Gasteiger partial charge in [0.2, 0.25) is 0 Å². The number of rotatable bonds is 2. The molecule has 2 fully saturated rings. The van der Waals surface area contributed by atoms with Gasteiger partial charge in [-0.05, 0) is 31.8 Å². The van der Waals surface area contributed by atoms with E-state index in [2.05, 4.69) is 36.9 Å². The van der Waals surface area contributed by atoms with Gasteiger partial charge in [-0.15, -0.1) is 9.24 Å². The molecule has 2 heteroatoms. The van der Waals surface area contributed by atoms with Gasteiger partial charge in [0.05, 0.1) is 11.7 Å². The molecule has 0 spiro atoms. The Labute approximate surface area is 83.8 Å². The minimum atomic E-state index is 0.154. The van der Waals surface area contributed by atoms with Crippen molar-refractivity contribution in [2.75, 3.05) is 6.16 Å². The average Bonchev–Trinajstić information content (AvgIpc) is 2.51. The van der Waals surface area contributed by atoms with Crippen LogP contribution in [0, 0.1) is 17.3 Å². The number of ether oxygens (including phenoxy) is 1. The molecule has 0 radical (unpaired) electrons. The second-order valence-corrected chi connectivity index (χ2v) is 6.04. The van der Waals surface area contributed by atoms with E-state index in [9.17, 15) is 0 Å². The molecule has 5 atom stereocenters. The zero-order valence-corrected chi connectivity index (χ0v) is 10.3. The third-order valence-corrected chi connectivity index (χ3v) is 4.87. The molecule has 0 amide bonds. The summed E-state index contributed by atoms with van der Waals surface area (Å²) in [5.74, 6) is 1.73. The summed E-state index contributed by atoms with van der Waals surface area (Å²) < 4.78 is 5.95. The van der Waals surface area contributed by atoms with Crippen molar-refractivity contribution in [2.24, 2.45) is 17.3 Å². The van der Waals surface area contributed by atoms with Gasteiger partial charge in [-0.3, -0.25) is 0 Å². The van der Waals surface area contributed by atoms with Crippen LogP contribution in [0.15, 0.2) is 0 Å². The third kappa shape index (κ3) is 1.27. The van der Waals surface area contributed by atoms with Crippen molar-refractivity contribution in [2.45, 2.75) is 45.8 Å². The molecule has 0 aromatic rings. The Morgan fingerprint density at radius 2 is 1.92 bits per heavy atom.